The van der Waals surface area contributed by atoms with Gasteiger partial charge in [-0.2, -0.15) is 0 Å². The minimum atomic E-state index is -0.756. The molecule has 7 rings (SSSR count). The molecule has 8 heteroatoms. The van der Waals surface area contributed by atoms with Gasteiger partial charge in [0.1, 0.15) is 18.1 Å². The van der Waals surface area contributed by atoms with Crippen molar-refractivity contribution in [3.05, 3.63) is 123 Å². The Morgan fingerprint density at radius 3 is 2.44 bits per heavy atom. The fourth-order valence-corrected chi connectivity index (χ4v) is 7.47. The molecule has 4 aliphatic rings. The molecule has 226 valence electrons. The second-order valence-electron chi connectivity index (χ2n) is 12.2. The van der Waals surface area contributed by atoms with E-state index in [1.807, 2.05) is 43.3 Å². The second-order valence-corrected chi connectivity index (χ2v) is 12.6. The molecule has 0 bridgehead atoms. The number of aromatic hydroxyl groups is 1. The first-order chi connectivity index (χ1) is 21.6. The highest BCUT2D eigenvalue weighted by Crippen LogP contribution is 2.56. The van der Waals surface area contributed by atoms with E-state index >= 15 is 0 Å². The number of carbonyl (C=O) groups is 4. The van der Waals surface area contributed by atoms with E-state index in [2.05, 4.69) is 0 Å². The highest BCUT2D eigenvalue weighted by atomic mass is 35.5. The molecule has 0 saturated carbocycles. The van der Waals surface area contributed by atoms with Crippen molar-refractivity contribution < 1.29 is 29.0 Å². The number of hydrogen-bond donors (Lipinski definition) is 1. The van der Waals surface area contributed by atoms with Crippen molar-refractivity contribution in [1.82, 2.24) is 0 Å². The minimum absolute atomic E-state index is 0.0849. The van der Waals surface area contributed by atoms with E-state index in [1.54, 1.807) is 37.3 Å². The van der Waals surface area contributed by atoms with E-state index in [1.165, 1.54) is 17.0 Å². The van der Waals surface area contributed by atoms with Crippen molar-refractivity contribution in [2.45, 2.75) is 39.2 Å². The van der Waals surface area contributed by atoms with Gasteiger partial charge in [0.05, 0.1) is 17.5 Å². The van der Waals surface area contributed by atoms with Crippen LogP contribution in [-0.2, 0) is 25.8 Å². The predicted molar refractivity (Wildman–Crippen MR) is 169 cm³/mol. The molecule has 4 unspecified atom stereocenters. The number of rotatable bonds is 5. The lowest BCUT2D eigenvalue weighted by molar-refractivity contribution is -0.123. The number of amides is 2. The van der Waals surface area contributed by atoms with Gasteiger partial charge in [0.15, 0.2) is 11.6 Å². The fourth-order valence-electron chi connectivity index (χ4n) is 7.29. The monoisotopic (exact) mass is 619 g/mol. The first kappa shape index (κ1) is 29.0. The van der Waals surface area contributed by atoms with Crippen LogP contribution in [-0.4, -0.2) is 28.5 Å². The van der Waals surface area contributed by atoms with Crippen LogP contribution in [0.3, 0.4) is 0 Å². The van der Waals surface area contributed by atoms with Gasteiger partial charge in [0.2, 0.25) is 11.8 Å². The fraction of sp³-hybridized carbons (Fsp3) is 0.243. The highest BCUT2D eigenvalue weighted by Gasteiger charge is 2.56. The quantitative estimate of drug-likeness (QED) is 0.197. The number of benzene rings is 3. The van der Waals surface area contributed by atoms with Gasteiger partial charge in [-0.1, -0.05) is 65.7 Å². The standard InChI is InChI=1S/C37H30ClNO6/c1-19-8-9-22(15-29(19)38)39-36(43)26-13-12-24-27(33(26)37(39)44)17-28-30(40)14-20(2)35(42)34(28)32(24)25-11-10-23(16-31(25)41)45-18-21-6-4-3-5-7-21/h3-12,14-16,26-27,32-33,41H,13,17-18H2,1-2H3. The molecule has 1 heterocycles. The number of hydrogen-bond acceptors (Lipinski definition) is 6. The van der Waals surface area contributed by atoms with Crippen LogP contribution < -0.4 is 9.64 Å². The molecule has 0 spiro atoms. The molecule has 3 aromatic carbocycles. The first-order valence-corrected chi connectivity index (χ1v) is 15.4. The summed E-state index contributed by atoms with van der Waals surface area (Å²) in [6.07, 6.45) is 3.73. The Labute approximate surface area is 265 Å². The predicted octanol–water partition coefficient (Wildman–Crippen LogP) is 6.57. The number of imide groups is 1. The Balaban J connectivity index is 1.28. The highest BCUT2D eigenvalue weighted by molar-refractivity contribution is 6.32. The van der Waals surface area contributed by atoms with E-state index in [-0.39, 0.29) is 35.6 Å². The van der Waals surface area contributed by atoms with Crippen molar-refractivity contribution in [2.24, 2.45) is 17.8 Å². The van der Waals surface area contributed by atoms with Crippen molar-refractivity contribution in [2.75, 3.05) is 4.90 Å². The number of ketones is 2. The van der Waals surface area contributed by atoms with Gasteiger partial charge >= 0.3 is 0 Å². The van der Waals surface area contributed by atoms with Crippen molar-refractivity contribution >= 4 is 40.7 Å². The number of ether oxygens (including phenoxy) is 1. The number of nitrogens with zero attached hydrogens (tertiary/aromatic N) is 1. The number of phenolic OH excluding ortho intramolecular Hbond substituents is 1. The minimum Gasteiger partial charge on any atom is -0.507 e. The third kappa shape index (κ3) is 4.73. The van der Waals surface area contributed by atoms with Crippen LogP contribution in [0.2, 0.25) is 5.02 Å². The molecule has 2 amide bonds. The van der Waals surface area contributed by atoms with E-state index in [0.29, 0.717) is 51.8 Å². The summed E-state index contributed by atoms with van der Waals surface area (Å²) in [7, 11) is 0. The number of carbonyl (C=O) groups excluding carboxylic acids is 4. The zero-order chi connectivity index (χ0) is 31.6. The molecule has 4 atom stereocenters. The molecule has 7 nitrogen and oxygen atoms in total. The lowest BCUT2D eigenvalue weighted by Crippen LogP contribution is -2.39. The lowest BCUT2D eigenvalue weighted by Gasteiger charge is -2.42. The zero-order valence-electron chi connectivity index (χ0n) is 24.7. The molecule has 3 aliphatic carbocycles. The SMILES string of the molecule is CC1=CC(=O)C2=C(C1=O)C(c1ccc(OCc3ccccc3)cc1O)C1=CCC3C(=O)N(c4ccc(C)c(Cl)c4)C(=O)C3C1C2. The van der Waals surface area contributed by atoms with Gasteiger partial charge in [0, 0.05) is 39.3 Å². The van der Waals surface area contributed by atoms with E-state index in [9.17, 15) is 24.3 Å². The topological polar surface area (TPSA) is 101 Å². The number of anilines is 1. The first-order valence-electron chi connectivity index (χ1n) is 15.0. The molecule has 45 heavy (non-hydrogen) atoms. The Morgan fingerprint density at radius 1 is 0.933 bits per heavy atom. The van der Waals surface area contributed by atoms with Gasteiger partial charge in [-0.25, -0.2) is 4.90 Å². The molecular formula is C37H30ClNO6. The number of allylic oxidation sites excluding steroid dienone is 6. The molecule has 1 aliphatic heterocycles. The lowest BCUT2D eigenvalue weighted by atomic mass is 9.59. The smallest absolute Gasteiger partial charge is 0.238 e. The van der Waals surface area contributed by atoms with Crippen LogP contribution in [0.5, 0.6) is 11.5 Å². The van der Waals surface area contributed by atoms with Gasteiger partial charge < -0.3 is 9.84 Å². The summed E-state index contributed by atoms with van der Waals surface area (Å²) in [4.78, 5) is 56.1. The summed E-state index contributed by atoms with van der Waals surface area (Å²) in [6, 6.07) is 19.7. The molecule has 0 radical (unpaired) electrons. The van der Waals surface area contributed by atoms with Gasteiger partial charge in [-0.15, -0.1) is 0 Å². The molecule has 0 aromatic heterocycles. The summed E-state index contributed by atoms with van der Waals surface area (Å²) < 4.78 is 5.92. The Bertz CT molecular complexity index is 1900. The van der Waals surface area contributed by atoms with E-state index in [4.69, 9.17) is 16.3 Å². The molecule has 1 N–H and O–H groups in total. The van der Waals surface area contributed by atoms with Crippen LogP contribution in [0, 0.1) is 24.7 Å². The van der Waals surface area contributed by atoms with Crippen molar-refractivity contribution in [3.63, 3.8) is 0 Å². The van der Waals surface area contributed by atoms with E-state index < -0.39 is 23.7 Å². The van der Waals surface area contributed by atoms with E-state index in [0.717, 1.165) is 16.7 Å². The molecular weight excluding hydrogens is 590 g/mol. The van der Waals surface area contributed by atoms with Gasteiger partial charge in [0.25, 0.3) is 0 Å². The van der Waals surface area contributed by atoms with Crippen molar-refractivity contribution in [1.29, 1.82) is 0 Å². The molecule has 3 aromatic rings. The maximum absolute atomic E-state index is 14.1. The number of halogens is 1. The average molecular weight is 620 g/mol. The van der Waals surface area contributed by atoms with Crippen LogP contribution >= 0.6 is 11.6 Å². The van der Waals surface area contributed by atoms with Gasteiger partial charge in [-0.3, -0.25) is 19.2 Å². The largest absolute Gasteiger partial charge is 0.507 e. The zero-order valence-corrected chi connectivity index (χ0v) is 25.5. The summed E-state index contributed by atoms with van der Waals surface area (Å²) >= 11 is 6.36. The summed E-state index contributed by atoms with van der Waals surface area (Å²) in [6.45, 7) is 3.77. The van der Waals surface area contributed by atoms with Crippen LogP contribution in [0.25, 0.3) is 0 Å². The molecule has 1 fully saturated rings. The summed E-state index contributed by atoms with van der Waals surface area (Å²) in [5.74, 6) is -3.43. The second kappa shape index (κ2) is 11.0. The Hall–Kier alpha value is -4.75. The number of fused-ring (bicyclic) bond motifs is 3. The maximum atomic E-state index is 14.1. The molecule has 1 saturated heterocycles. The Kier molecular flexibility index (Phi) is 7.09. The van der Waals surface area contributed by atoms with Gasteiger partial charge in [-0.05, 0) is 68.0 Å². The third-order valence-electron chi connectivity index (χ3n) is 9.54. The Morgan fingerprint density at radius 2 is 1.71 bits per heavy atom. The number of Topliss-reactive ketones (excluding diaryl/α,β-unsaturated/α-hetero) is 1. The third-order valence-corrected chi connectivity index (χ3v) is 9.95. The number of phenols is 1. The van der Waals surface area contributed by atoms with Crippen LogP contribution in [0.15, 0.2) is 101 Å². The number of aryl methyl sites for hydroxylation is 1. The van der Waals surface area contributed by atoms with Crippen LogP contribution in [0.1, 0.15) is 42.4 Å². The van der Waals surface area contributed by atoms with Crippen LogP contribution in [0.4, 0.5) is 5.69 Å². The average Bonchev–Trinajstić information content (AvgIpc) is 3.29. The normalized spacial score (nSPS) is 24.2. The maximum Gasteiger partial charge on any atom is 0.238 e. The van der Waals surface area contributed by atoms with Crippen molar-refractivity contribution in [3.8, 4) is 11.5 Å². The summed E-state index contributed by atoms with van der Waals surface area (Å²) in [5.41, 5.74) is 4.41. The summed E-state index contributed by atoms with van der Waals surface area (Å²) in [5, 5.41) is 11.8.